The molecule has 0 aliphatic heterocycles. The Morgan fingerprint density at radius 3 is 2.57 bits per heavy atom. The van der Waals surface area contributed by atoms with Gasteiger partial charge in [0.2, 0.25) is 0 Å². The van der Waals surface area contributed by atoms with Crippen LogP contribution in [0.25, 0.3) is 0 Å². The molecule has 0 heterocycles. The molecule has 21 heavy (non-hydrogen) atoms. The fraction of sp³-hybridized carbons (Fsp3) is 0.667. The summed E-state index contributed by atoms with van der Waals surface area (Å²) in [5, 5.41) is 3.67. The lowest BCUT2D eigenvalue weighted by Crippen LogP contribution is -2.37. The Bertz CT molecular complexity index is 455. The quantitative estimate of drug-likeness (QED) is 0.776. The highest BCUT2D eigenvalue weighted by Gasteiger charge is 2.41. The lowest BCUT2D eigenvalue weighted by molar-refractivity contribution is 0.183. The second kappa shape index (κ2) is 7.26. The number of methoxy groups -OCH3 is 1. The average molecular weight is 293 g/mol. The molecule has 1 aliphatic carbocycles. The van der Waals surface area contributed by atoms with E-state index in [0.717, 1.165) is 30.7 Å². The monoisotopic (exact) mass is 293 g/mol. The number of hydrogen-bond donors (Lipinski definition) is 1. The van der Waals surface area contributed by atoms with Crippen LogP contribution in [0, 0.1) is 11.2 Å². The van der Waals surface area contributed by atoms with E-state index in [0.29, 0.717) is 0 Å². The number of rotatable bonds is 7. The van der Waals surface area contributed by atoms with E-state index in [9.17, 15) is 4.39 Å². The summed E-state index contributed by atoms with van der Waals surface area (Å²) in [6.45, 7) is 5.38. The maximum Gasteiger partial charge on any atom is 0.123 e. The van der Waals surface area contributed by atoms with Crippen molar-refractivity contribution in [3.05, 3.63) is 29.6 Å². The molecule has 118 valence electrons. The molecular weight excluding hydrogens is 265 g/mol. The zero-order valence-electron chi connectivity index (χ0n) is 13.5. The van der Waals surface area contributed by atoms with Gasteiger partial charge in [-0.15, -0.1) is 0 Å². The van der Waals surface area contributed by atoms with Gasteiger partial charge in [0.05, 0.1) is 7.11 Å². The van der Waals surface area contributed by atoms with Crippen LogP contribution >= 0.6 is 0 Å². The minimum absolute atomic E-state index is 0.176. The Balaban J connectivity index is 2.42. The minimum atomic E-state index is -0.182. The van der Waals surface area contributed by atoms with Gasteiger partial charge in [-0.1, -0.05) is 26.7 Å². The topological polar surface area (TPSA) is 21.3 Å². The highest BCUT2D eigenvalue weighted by Crippen LogP contribution is 2.51. The van der Waals surface area contributed by atoms with Crippen LogP contribution in [-0.2, 0) is 0 Å². The molecule has 0 spiro atoms. The summed E-state index contributed by atoms with van der Waals surface area (Å²) in [4.78, 5) is 0. The number of benzene rings is 1. The van der Waals surface area contributed by atoms with E-state index in [2.05, 4.69) is 19.2 Å². The van der Waals surface area contributed by atoms with Crippen molar-refractivity contribution in [3.8, 4) is 5.75 Å². The largest absolute Gasteiger partial charge is 0.496 e. The first-order valence-corrected chi connectivity index (χ1v) is 8.23. The van der Waals surface area contributed by atoms with E-state index >= 15 is 0 Å². The zero-order valence-corrected chi connectivity index (χ0v) is 13.5. The Morgan fingerprint density at radius 2 is 2.00 bits per heavy atom. The van der Waals surface area contributed by atoms with Gasteiger partial charge in [-0.2, -0.15) is 0 Å². The van der Waals surface area contributed by atoms with Crippen LogP contribution in [0.5, 0.6) is 5.75 Å². The number of ether oxygens (including phenoxy) is 1. The molecule has 0 aromatic heterocycles. The molecule has 0 bridgehead atoms. The normalized spacial score (nSPS) is 18.7. The third-order valence-corrected chi connectivity index (χ3v) is 5.02. The van der Waals surface area contributed by atoms with Crippen molar-refractivity contribution in [1.29, 1.82) is 0 Å². The summed E-state index contributed by atoms with van der Waals surface area (Å²) in [5.41, 5.74) is 1.21. The minimum Gasteiger partial charge on any atom is -0.496 e. The summed E-state index contributed by atoms with van der Waals surface area (Å²) in [5.74, 6) is 0.614. The average Bonchev–Trinajstić information content (AvgIpc) is 2.98. The Hall–Kier alpha value is -1.09. The number of halogens is 1. The summed E-state index contributed by atoms with van der Waals surface area (Å²) in [6, 6.07) is 5.06. The van der Waals surface area contributed by atoms with Crippen LogP contribution in [0.1, 0.15) is 64.0 Å². The second-order valence-electron chi connectivity index (χ2n) is 6.20. The Labute approximate surface area is 128 Å². The number of nitrogens with one attached hydrogen (secondary N) is 1. The standard InChI is InChI=1S/C18H28FNO/c1-4-12-20-17(18(5-2)10-6-7-11-18)15-13-14(19)8-9-16(15)21-3/h8-9,13,17,20H,4-7,10-12H2,1-3H3. The van der Waals surface area contributed by atoms with Crippen molar-refractivity contribution < 1.29 is 9.13 Å². The number of hydrogen-bond acceptors (Lipinski definition) is 2. The molecular formula is C18H28FNO. The SMILES string of the molecule is CCCNC(c1cc(F)ccc1OC)C1(CC)CCCC1. The molecule has 1 N–H and O–H groups in total. The third-order valence-electron chi connectivity index (χ3n) is 5.02. The second-order valence-corrected chi connectivity index (χ2v) is 6.20. The molecule has 1 aromatic rings. The van der Waals surface area contributed by atoms with E-state index in [1.165, 1.54) is 31.7 Å². The van der Waals surface area contributed by atoms with Gasteiger partial charge in [0.15, 0.2) is 0 Å². The van der Waals surface area contributed by atoms with Crippen LogP contribution in [0.4, 0.5) is 4.39 Å². The lowest BCUT2D eigenvalue weighted by atomic mass is 9.73. The highest BCUT2D eigenvalue weighted by molar-refractivity contribution is 5.38. The highest BCUT2D eigenvalue weighted by atomic mass is 19.1. The van der Waals surface area contributed by atoms with Gasteiger partial charge in [0.1, 0.15) is 11.6 Å². The van der Waals surface area contributed by atoms with Crippen LogP contribution in [0.15, 0.2) is 18.2 Å². The maximum absolute atomic E-state index is 13.8. The molecule has 1 saturated carbocycles. The van der Waals surface area contributed by atoms with Crippen molar-refractivity contribution in [2.24, 2.45) is 5.41 Å². The molecule has 3 heteroatoms. The van der Waals surface area contributed by atoms with Crippen molar-refractivity contribution in [2.75, 3.05) is 13.7 Å². The molecule has 0 amide bonds. The van der Waals surface area contributed by atoms with Crippen molar-refractivity contribution >= 4 is 0 Å². The molecule has 1 aromatic carbocycles. The zero-order chi connectivity index (χ0) is 15.3. The van der Waals surface area contributed by atoms with E-state index in [-0.39, 0.29) is 17.3 Å². The summed E-state index contributed by atoms with van der Waals surface area (Å²) < 4.78 is 19.3. The molecule has 1 atom stereocenters. The molecule has 1 unspecified atom stereocenters. The molecule has 2 nitrogen and oxygen atoms in total. The van der Waals surface area contributed by atoms with Gasteiger partial charge in [-0.05, 0) is 55.8 Å². The van der Waals surface area contributed by atoms with Gasteiger partial charge in [0.25, 0.3) is 0 Å². The van der Waals surface area contributed by atoms with Crippen molar-refractivity contribution in [1.82, 2.24) is 5.32 Å². The fourth-order valence-electron chi connectivity index (χ4n) is 3.80. The van der Waals surface area contributed by atoms with Gasteiger partial charge < -0.3 is 10.1 Å². The Morgan fingerprint density at radius 1 is 1.29 bits per heavy atom. The van der Waals surface area contributed by atoms with E-state index < -0.39 is 0 Å². The third kappa shape index (κ3) is 3.39. The molecule has 1 aliphatic rings. The summed E-state index contributed by atoms with van der Waals surface area (Å²) >= 11 is 0. The lowest BCUT2D eigenvalue weighted by Gasteiger charge is -2.38. The van der Waals surface area contributed by atoms with Crippen molar-refractivity contribution in [3.63, 3.8) is 0 Å². The van der Waals surface area contributed by atoms with Gasteiger partial charge in [-0.25, -0.2) is 4.39 Å². The fourth-order valence-corrected chi connectivity index (χ4v) is 3.80. The summed E-state index contributed by atoms with van der Waals surface area (Å²) in [6.07, 6.45) is 7.17. The maximum atomic E-state index is 13.8. The van der Waals surface area contributed by atoms with Gasteiger partial charge in [0, 0.05) is 11.6 Å². The first kappa shape index (κ1) is 16.3. The van der Waals surface area contributed by atoms with E-state index in [1.54, 1.807) is 19.2 Å². The van der Waals surface area contributed by atoms with Crippen LogP contribution in [0.3, 0.4) is 0 Å². The van der Waals surface area contributed by atoms with E-state index in [4.69, 9.17) is 4.74 Å². The van der Waals surface area contributed by atoms with Crippen LogP contribution in [-0.4, -0.2) is 13.7 Å². The first-order valence-electron chi connectivity index (χ1n) is 8.23. The first-order chi connectivity index (χ1) is 10.2. The van der Waals surface area contributed by atoms with E-state index in [1.807, 2.05) is 0 Å². The predicted octanol–water partition coefficient (Wildman–Crippen LogP) is 4.85. The van der Waals surface area contributed by atoms with Crippen LogP contribution < -0.4 is 10.1 Å². The van der Waals surface area contributed by atoms with Crippen molar-refractivity contribution in [2.45, 2.75) is 58.4 Å². The van der Waals surface area contributed by atoms with Gasteiger partial charge >= 0.3 is 0 Å². The molecule has 0 radical (unpaired) electrons. The molecule has 1 fully saturated rings. The summed E-state index contributed by atoms with van der Waals surface area (Å²) in [7, 11) is 1.67. The van der Waals surface area contributed by atoms with Gasteiger partial charge in [-0.3, -0.25) is 0 Å². The Kier molecular flexibility index (Phi) is 5.63. The smallest absolute Gasteiger partial charge is 0.123 e. The van der Waals surface area contributed by atoms with Crippen LogP contribution in [0.2, 0.25) is 0 Å². The predicted molar refractivity (Wildman–Crippen MR) is 85.2 cm³/mol. The molecule has 2 rings (SSSR count). The molecule has 0 saturated heterocycles.